The molecule has 0 saturated heterocycles. The van der Waals surface area contributed by atoms with Crippen molar-refractivity contribution in [2.45, 2.75) is 32.1 Å². The number of ketones is 1. The molecule has 0 amide bonds. The molecule has 0 N–H and O–H groups in total. The quantitative estimate of drug-likeness (QED) is 0.736. The van der Waals surface area contributed by atoms with Gasteiger partial charge in [0.2, 0.25) is 0 Å². The van der Waals surface area contributed by atoms with Gasteiger partial charge in [0.1, 0.15) is 0 Å². The fraction of sp³-hybridized carbons (Fsp3) is 0.385. The van der Waals surface area contributed by atoms with Gasteiger partial charge in [0, 0.05) is 12.6 Å². The molecule has 0 unspecified atom stereocenters. The third-order valence-corrected chi connectivity index (χ3v) is 3.21. The lowest BCUT2D eigenvalue weighted by Gasteiger charge is -2.00. The average Bonchev–Trinajstić information content (AvgIpc) is 3.08. The number of carbonyl (C=O) groups is 1. The minimum Gasteiger partial charge on any atom is -0.294 e. The summed E-state index contributed by atoms with van der Waals surface area (Å²) in [4.78, 5) is 11.7. The Bertz CT molecular complexity index is 552. The van der Waals surface area contributed by atoms with Crippen LogP contribution in [0, 0.1) is 0 Å². The van der Waals surface area contributed by atoms with Crippen molar-refractivity contribution < 1.29 is 4.79 Å². The maximum Gasteiger partial charge on any atom is 0.166 e. The smallest absolute Gasteiger partial charge is 0.166 e. The summed E-state index contributed by atoms with van der Waals surface area (Å²) < 4.78 is 1.83. The number of aromatic nitrogens is 2. The predicted octanol–water partition coefficient (Wildman–Crippen LogP) is 2.80. The topological polar surface area (TPSA) is 34.4 Å². The number of Topliss-reactive ketones (excluding diaryl/α,β-unsaturated/α-hetero) is 1. The summed E-state index contributed by atoms with van der Waals surface area (Å²) in [6.07, 6.45) is 6.84. The van der Waals surface area contributed by atoms with E-state index in [0.717, 1.165) is 17.0 Å². The number of pyridine rings is 1. The van der Waals surface area contributed by atoms with E-state index < -0.39 is 0 Å². The highest BCUT2D eigenvalue weighted by molar-refractivity contribution is 6.01. The van der Waals surface area contributed by atoms with E-state index in [1.807, 2.05) is 17.5 Å². The third kappa shape index (κ3) is 1.43. The molecule has 2 heterocycles. The zero-order valence-electron chi connectivity index (χ0n) is 9.31. The predicted molar refractivity (Wildman–Crippen MR) is 61.8 cm³/mol. The van der Waals surface area contributed by atoms with Gasteiger partial charge in [0.15, 0.2) is 5.78 Å². The summed E-state index contributed by atoms with van der Waals surface area (Å²) in [6.45, 7) is 1.88. The summed E-state index contributed by atoms with van der Waals surface area (Å²) in [6, 6.07) is 4.14. The van der Waals surface area contributed by atoms with Crippen LogP contribution in [0.1, 0.15) is 48.0 Å². The summed E-state index contributed by atoms with van der Waals surface area (Å²) in [5.74, 6) is 0.882. The first kappa shape index (κ1) is 9.58. The molecule has 2 aromatic rings. The molecule has 16 heavy (non-hydrogen) atoms. The lowest BCUT2D eigenvalue weighted by molar-refractivity contribution is 0.0989. The molecule has 0 radical (unpaired) electrons. The second-order valence-electron chi connectivity index (χ2n) is 4.40. The Kier molecular flexibility index (Phi) is 2.06. The van der Waals surface area contributed by atoms with Gasteiger partial charge in [-0.25, -0.2) is 4.52 Å². The van der Waals surface area contributed by atoms with Crippen molar-refractivity contribution in [1.29, 1.82) is 0 Å². The van der Waals surface area contributed by atoms with Gasteiger partial charge < -0.3 is 0 Å². The van der Waals surface area contributed by atoms with Gasteiger partial charge in [0.05, 0.1) is 17.3 Å². The number of fused-ring (bicyclic) bond motifs is 1. The van der Waals surface area contributed by atoms with Crippen molar-refractivity contribution in [3.63, 3.8) is 0 Å². The Morgan fingerprint density at radius 2 is 2.31 bits per heavy atom. The zero-order chi connectivity index (χ0) is 11.1. The minimum atomic E-state index is 0.161. The summed E-state index contributed by atoms with van der Waals surface area (Å²) in [7, 11) is 0. The highest BCUT2D eigenvalue weighted by Crippen LogP contribution is 2.39. The van der Waals surface area contributed by atoms with Gasteiger partial charge in [-0.3, -0.25) is 4.79 Å². The van der Waals surface area contributed by atoms with Gasteiger partial charge in [-0.2, -0.15) is 5.10 Å². The molecule has 0 bridgehead atoms. The van der Waals surface area contributed by atoms with Crippen LogP contribution >= 0.6 is 0 Å². The summed E-state index contributed by atoms with van der Waals surface area (Å²) in [5.41, 5.74) is 3.01. The van der Waals surface area contributed by atoms with E-state index in [2.05, 4.69) is 17.4 Å². The molecule has 1 saturated carbocycles. The molecule has 0 spiro atoms. The molecular formula is C13H14N2O. The van der Waals surface area contributed by atoms with Crippen molar-refractivity contribution in [2.24, 2.45) is 0 Å². The minimum absolute atomic E-state index is 0.161. The van der Waals surface area contributed by atoms with Crippen LogP contribution in [0.4, 0.5) is 0 Å². The first-order chi connectivity index (χ1) is 7.79. The van der Waals surface area contributed by atoms with E-state index in [1.54, 1.807) is 6.20 Å². The number of carbonyl (C=O) groups excluding carboxylic acids is 1. The fourth-order valence-corrected chi connectivity index (χ4v) is 2.06. The van der Waals surface area contributed by atoms with Crippen molar-refractivity contribution in [3.05, 3.63) is 35.7 Å². The second-order valence-corrected chi connectivity index (χ2v) is 4.40. The Balaban J connectivity index is 2.10. The van der Waals surface area contributed by atoms with Gasteiger partial charge in [-0.1, -0.05) is 13.0 Å². The number of hydrogen-bond acceptors (Lipinski definition) is 2. The van der Waals surface area contributed by atoms with Crippen LogP contribution in [-0.4, -0.2) is 15.4 Å². The van der Waals surface area contributed by atoms with Crippen LogP contribution in [0.25, 0.3) is 5.52 Å². The number of rotatable bonds is 3. The van der Waals surface area contributed by atoms with E-state index >= 15 is 0 Å². The fourth-order valence-electron chi connectivity index (χ4n) is 2.06. The summed E-state index contributed by atoms with van der Waals surface area (Å²) >= 11 is 0. The second kappa shape index (κ2) is 3.44. The van der Waals surface area contributed by atoms with Crippen LogP contribution in [0.15, 0.2) is 24.5 Å². The Morgan fingerprint density at radius 1 is 1.50 bits per heavy atom. The lowest BCUT2D eigenvalue weighted by atomic mass is 10.1. The van der Waals surface area contributed by atoms with Crippen LogP contribution in [0.3, 0.4) is 0 Å². The largest absolute Gasteiger partial charge is 0.294 e. The van der Waals surface area contributed by atoms with Gasteiger partial charge in [-0.15, -0.1) is 0 Å². The lowest BCUT2D eigenvalue weighted by Crippen LogP contribution is -1.96. The van der Waals surface area contributed by atoms with Crippen molar-refractivity contribution in [3.8, 4) is 0 Å². The monoisotopic (exact) mass is 214 g/mol. The van der Waals surface area contributed by atoms with Crippen molar-refractivity contribution in [2.75, 3.05) is 0 Å². The van der Waals surface area contributed by atoms with E-state index in [-0.39, 0.29) is 5.78 Å². The van der Waals surface area contributed by atoms with Crippen molar-refractivity contribution in [1.82, 2.24) is 9.61 Å². The van der Waals surface area contributed by atoms with Crippen molar-refractivity contribution >= 4 is 11.3 Å². The highest BCUT2D eigenvalue weighted by Gasteiger charge is 2.24. The number of hydrogen-bond donors (Lipinski definition) is 0. The Labute approximate surface area is 94.1 Å². The van der Waals surface area contributed by atoms with Gasteiger partial charge in [-0.05, 0) is 30.4 Å². The van der Waals surface area contributed by atoms with E-state index in [4.69, 9.17) is 0 Å². The average molecular weight is 214 g/mol. The molecule has 3 rings (SSSR count). The van der Waals surface area contributed by atoms with Crippen LogP contribution < -0.4 is 0 Å². The molecule has 1 aliphatic carbocycles. The molecule has 0 aliphatic heterocycles. The van der Waals surface area contributed by atoms with E-state index in [9.17, 15) is 4.79 Å². The maximum atomic E-state index is 11.7. The standard InChI is InChI=1S/C13H14N2O/c1-2-13(16)11-7-14-15-8-10(9-3-4-9)5-6-12(11)15/h5-9H,2-4H2,1H3. The normalized spacial score (nSPS) is 15.6. The molecule has 0 aromatic carbocycles. The Morgan fingerprint density at radius 3 is 3.00 bits per heavy atom. The molecule has 1 fully saturated rings. The molecule has 82 valence electrons. The molecular weight excluding hydrogens is 200 g/mol. The third-order valence-electron chi connectivity index (χ3n) is 3.21. The van der Waals surface area contributed by atoms with E-state index in [0.29, 0.717) is 6.42 Å². The summed E-state index contributed by atoms with van der Waals surface area (Å²) in [5, 5.41) is 4.25. The first-order valence-electron chi connectivity index (χ1n) is 5.80. The molecule has 3 nitrogen and oxygen atoms in total. The maximum absolute atomic E-state index is 11.7. The highest BCUT2D eigenvalue weighted by atomic mass is 16.1. The molecule has 1 aliphatic rings. The van der Waals surface area contributed by atoms with Crippen LogP contribution in [0.5, 0.6) is 0 Å². The van der Waals surface area contributed by atoms with Gasteiger partial charge in [0.25, 0.3) is 0 Å². The number of nitrogens with zero attached hydrogens (tertiary/aromatic N) is 2. The van der Waals surface area contributed by atoms with Crippen LogP contribution in [0.2, 0.25) is 0 Å². The zero-order valence-corrected chi connectivity index (χ0v) is 9.31. The molecule has 3 heteroatoms. The molecule has 0 atom stereocenters. The SMILES string of the molecule is CCC(=O)c1cnn2cc(C3CC3)ccc12. The Hall–Kier alpha value is -1.64. The van der Waals surface area contributed by atoms with E-state index in [1.165, 1.54) is 18.4 Å². The molecule has 2 aromatic heterocycles. The first-order valence-corrected chi connectivity index (χ1v) is 5.80. The van der Waals surface area contributed by atoms with Gasteiger partial charge >= 0.3 is 0 Å². The van der Waals surface area contributed by atoms with Crippen LogP contribution in [-0.2, 0) is 0 Å².